The maximum Gasteiger partial charge on any atom is 0.132 e. The Kier molecular flexibility index (Phi) is 4.49. The van der Waals surface area contributed by atoms with E-state index in [-0.39, 0.29) is 0 Å². The van der Waals surface area contributed by atoms with E-state index in [1.54, 1.807) is 6.33 Å². The summed E-state index contributed by atoms with van der Waals surface area (Å²) in [5, 5.41) is 0. The first-order valence-electron chi connectivity index (χ1n) is 5.42. The fourth-order valence-corrected chi connectivity index (χ4v) is 1.36. The minimum atomic E-state index is 0.300. The van der Waals surface area contributed by atoms with Crippen molar-refractivity contribution in [1.82, 2.24) is 9.97 Å². The first-order valence-corrected chi connectivity index (χ1v) is 5.42. The van der Waals surface area contributed by atoms with Gasteiger partial charge in [0.05, 0.1) is 0 Å². The van der Waals surface area contributed by atoms with E-state index in [9.17, 15) is 0 Å². The highest BCUT2D eigenvalue weighted by Gasteiger charge is 2.09. The quantitative estimate of drug-likeness (QED) is 0.790. The van der Waals surface area contributed by atoms with Crippen LogP contribution in [0.1, 0.15) is 26.0 Å². The van der Waals surface area contributed by atoms with E-state index in [4.69, 9.17) is 5.73 Å². The topological polar surface area (TPSA) is 55.0 Å². The lowest BCUT2D eigenvalue weighted by Gasteiger charge is -2.24. The van der Waals surface area contributed by atoms with Crippen molar-refractivity contribution in [3.8, 4) is 0 Å². The molecule has 0 amide bonds. The van der Waals surface area contributed by atoms with Crippen LogP contribution in [0.2, 0.25) is 0 Å². The molecule has 84 valence electrons. The largest absolute Gasteiger partial charge is 0.356 e. The molecule has 1 atom stereocenters. The first kappa shape index (κ1) is 11.9. The van der Waals surface area contributed by atoms with Crippen molar-refractivity contribution in [2.45, 2.75) is 32.7 Å². The average molecular weight is 208 g/mol. The third-order valence-corrected chi connectivity index (χ3v) is 2.58. The molecular formula is C11H20N4. The number of hydrogen-bond donors (Lipinski definition) is 1. The molecule has 2 N–H and O–H groups in total. The molecule has 0 saturated heterocycles. The smallest absolute Gasteiger partial charge is 0.132 e. The van der Waals surface area contributed by atoms with Crippen LogP contribution in [0.5, 0.6) is 0 Å². The van der Waals surface area contributed by atoms with Gasteiger partial charge >= 0.3 is 0 Å². The molecule has 0 aliphatic rings. The van der Waals surface area contributed by atoms with Gasteiger partial charge in [-0.3, -0.25) is 0 Å². The minimum absolute atomic E-state index is 0.300. The second kappa shape index (κ2) is 5.66. The van der Waals surface area contributed by atoms with Gasteiger partial charge in [0.25, 0.3) is 0 Å². The normalized spacial score (nSPS) is 12.5. The van der Waals surface area contributed by atoms with E-state index in [2.05, 4.69) is 28.7 Å². The molecule has 4 nitrogen and oxygen atoms in total. The first-order chi connectivity index (χ1) is 7.19. The Morgan fingerprint density at radius 1 is 1.47 bits per heavy atom. The van der Waals surface area contributed by atoms with Gasteiger partial charge in [-0.15, -0.1) is 0 Å². The summed E-state index contributed by atoms with van der Waals surface area (Å²) in [5.41, 5.74) is 6.72. The van der Waals surface area contributed by atoms with E-state index in [0.29, 0.717) is 12.6 Å². The van der Waals surface area contributed by atoms with Gasteiger partial charge in [0.2, 0.25) is 0 Å². The number of aromatic nitrogens is 2. The fraction of sp³-hybridized carbons (Fsp3) is 0.636. The van der Waals surface area contributed by atoms with Crippen molar-refractivity contribution in [2.75, 3.05) is 18.5 Å². The molecule has 1 aromatic heterocycles. The number of rotatable bonds is 5. The molecule has 0 radical (unpaired) electrons. The van der Waals surface area contributed by atoms with Crippen LogP contribution in [0.4, 0.5) is 5.82 Å². The molecule has 1 heterocycles. The Balaban J connectivity index is 2.80. The Labute approximate surface area is 91.5 Å². The summed E-state index contributed by atoms with van der Waals surface area (Å²) in [6, 6.07) is 2.34. The predicted octanol–water partition coefficient (Wildman–Crippen LogP) is 1.21. The summed E-state index contributed by atoms with van der Waals surface area (Å²) < 4.78 is 0. The second-order valence-electron chi connectivity index (χ2n) is 3.81. The third kappa shape index (κ3) is 3.16. The van der Waals surface area contributed by atoms with E-state index < -0.39 is 0 Å². The van der Waals surface area contributed by atoms with Crippen molar-refractivity contribution in [2.24, 2.45) is 5.73 Å². The number of nitrogens with two attached hydrogens (primary N) is 1. The molecule has 1 aromatic rings. The standard InChI is InChI=1S/C11H20N4/c1-4-5-10-6-11(14-8-13-10)15(3)9(2)7-12/h6,8-9H,4-5,7,12H2,1-3H3. The highest BCUT2D eigenvalue weighted by Crippen LogP contribution is 2.12. The zero-order valence-electron chi connectivity index (χ0n) is 9.77. The van der Waals surface area contributed by atoms with Crippen LogP contribution in [0.25, 0.3) is 0 Å². The lowest BCUT2D eigenvalue weighted by molar-refractivity contribution is 0.684. The average Bonchev–Trinajstić information content (AvgIpc) is 2.28. The Morgan fingerprint density at radius 2 is 2.20 bits per heavy atom. The van der Waals surface area contributed by atoms with Crippen LogP contribution in [0.15, 0.2) is 12.4 Å². The molecule has 0 fully saturated rings. The van der Waals surface area contributed by atoms with Crippen molar-refractivity contribution in [3.05, 3.63) is 18.1 Å². The molecule has 0 saturated carbocycles. The van der Waals surface area contributed by atoms with Crippen LogP contribution in [-0.2, 0) is 6.42 Å². The molecule has 1 unspecified atom stereocenters. The number of aryl methyl sites for hydroxylation is 1. The predicted molar refractivity (Wildman–Crippen MR) is 62.9 cm³/mol. The van der Waals surface area contributed by atoms with E-state index in [1.165, 1.54) is 0 Å². The molecule has 4 heteroatoms. The summed E-state index contributed by atoms with van der Waals surface area (Å²) in [6.45, 7) is 4.86. The van der Waals surface area contributed by atoms with Gasteiger partial charge in [0.1, 0.15) is 12.1 Å². The van der Waals surface area contributed by atoms with E-state index >= 15 is 0 Å². The molecule has 0 spiro atoms. The van der Waals surface area contributed by atoms with Gasteiger partial charge in [-0.05, 0) is 13.3 Å². The molecular weight excluding hydrogens is 188 g/mol. The highest BCUT2D eigenvalue weighted by atomic mass is 15.2. The van der Waals surface area contributed by atoms with Crippen LogP contribution in [-0.4, -0.2) is 29.6 Å². The number of anilines is 1. The Hall–Kier alpha value is -1.16. The van der Waals surface area contributed by atoms with Gasteiger partial charge < -0.3 is 10.6 Å². The van der Waals surface area contributed by atoms with Crippen molar-refractivity contribution in [3.63, 3.8) is 0 Å². The van der Waals surface area contributed by atoms with Gasteiger partial charge in [0.15, 0.2) is 0 Å². The monoisotopic (exact) mass is 208 g/mol. The lowest BCUT2D eigenvalue weighted by Crippen LogP contribution is -2.35. The van der Waals surface area contributed by atoms with Crippen LogP contribution in [0, 0.1) is 0 Å². The maximum atomic E-state index is 5.62. The van der Waals surface area contributed by atoms with Crippen LogP contribution in [0.3, 0.4) is 0 Å². The summed E-state index contributed by atoms with van der Waals surface area (Å²) in [5.74, 6) is 0.950. The van der Waals surface area contributed by atoms with Gasteiger partial charge in [-0.1, -0.05) is 13.3 Å². The fourth-order valence-electron chi connectivity index (χ4n) is 1.36. The van der Waals surface area contributed by atoms with Gasteiger partial charge in [-0.2, -0.15) is 0 Å². The van der Waals surface area contributed by atoms with Gasteiger partial charge in [-0.25, -0.2) is 9.97 Å². The molecule has 15 heavy (non-hydrogen) atoms. The third-order valence-electron chi connectivity index (χ3n) is 2.58. The molecule has 1 rings (SSSR count). The summed E-state index contributed by atoms with van der Waals surface area (Å²) in [4.78, 5) is 10.6. The maximum absolute atomic E-state index is 5.62. The SMILES string of the molecule is CCCc1cc(N(C)C(C)CN)ncn1. The number of hydrogen-bond acceptors (Lipinski definition) is 4. The van der Waals surface area contributed by atoms with E-state index in [0.717, 1.165) is 24.4 Å². The van der Waals surface area contributed by atoms with Crippen molar-refractivity contribution in [1.29, 1.82) is 0 Å². The molecule has 0 bridgehead atoms. The molecule has 0 aromatic carbocycles. The number of nitrogens with zero attached hydrogens (tertiary/aromatic N) is 3. The zero-order chi connectivity index (χ0) is 11.3. The Bertz CT molecular complexity index is 300. The van der Waals surface area contributed by atoms with Gasteiger partial charge in [0, 0.05) is 31.4 Å². The molecule has 0 aliphatic heterocycles. The summed E-state index contributed by atoms with van der Waals surface area (Å²) >= 11 is 0. The van der Waals surface area contributed by atoms with Crippen molar-refractivity contribution >= 4 is 5.82 Å². The highest BCUT2D eigenvalue weighted by molar-refractivity contribution is 5.39. The van der Waals surface area contributed by atoms with Crippen LogP contribution < -0.4 is 10.6 Å². The lowest BCUT2D eigenvalue weighted by atomic mass is 10.2. The van der Waals surface area contributed by atoms with Crippen LogP contribution >= 0.6 is 0 Å². The zero-order valence-corrected chi connectivity index (χ0v) is 9.77. The minimum Gasteiger partial charge on any atom is -0.356 e. The summed E-state index contributed by atoms with van der Waals surface area (Å²) in [7, 11) is 2.01. The molecule has 0 aliphatic carbocycles. The number of likely N-dealkylation sites (N-methyl/N-ethyl adjacent to an activating group) is 1. The Morgan fingerprint density at radius 3 is 2.80 bits per heavy atom. The second-order valence-corrected chi connectivity index (χ2v) is 3.81. The summed E-state index contributed by atoms with van der Waals surface area (Å²) in [6.07, 6.45) is 3.73. The van der Waals surface area contributed by atoms with E-state index in [1.807, 2.05) is 13.1 Å². The van der Waals surface area contributed by atoms with Crippen molar-refractivity contribution < 1.29 is 0 Å².